The smallest absolute Gasteiger partial charge is 0.130 e. The average molecular weight is 308 g/mol. The number of benzene rings is 1. The molecule has 1 aliphatic heterocycles. The van der Waals surface area contributed by atoms with Crippen molar-refractivity contribution in [1.29, 1.82) is 0 Å². The van der Waals surface area contributed by atoms with E-state index in [1.165, 1.54) is 28.6 Å². The molecule has 0 bridgehead atoms. The summed E-state index contributed by atoms with van der Waals surface area (Å²) in [5.41, 5.74) is 7.20. The molecule has 0 saturated carbocycles. The van der Waals surface area contributed by atoms with E-state index in [2.05, 4.69) is 23.3 Å². The van der Waals surface area contributed by atoms with E-state index in [1.807, 2.05) is 0 Å². The van der Waals surface area contributed by atoms with Crippen LogP contribution >= 0.6 is 11.3 Å². The molecule has 5 heteroatoms. The molecule has 112 valence electrons. The number of fused-ring (bicyclic) bond motifs is 1. The molecule has 2 aromatic rings. The van der Waals surface area contributed by atoms with Crippen molar-refractivity contribution in [3.05, 3.63) is 57.3 Å². The van der Waals surface area contributed by atoms with Gasteiger partial charge in [0.25, 0.3) is 0 Å². The lowest BCUT2D eigenvalue weighted by Gasteiger charge is -2.39. The van der Waals surface area contributed by atoms with Crippen LogP contribution in [-0.2, 0) is 6.42 Å². The van der Waals surface area contributed by atoms with Crippen LogP contribution in [0.15, 0.2) is 29.6 Å². The fourth-order valence-corrected chi connectivity index (χ4v) is 4.17. The van der Waals surface area contributed by atoms with E-state index < -0.39 is 17.7 Å². The minimum absolute atomic E-state index is 0.0885. The van der Waals surface area contributed by atoms with Gasteiger partial charge < -0.3 is 5.73 Å². The van der Waals surface area contributed by atoms with Gasteiger partial charge in [0, 0.05) is 29.6 Å². The molecule has 2 nitrogen and oxygen atoms in total. The predicted molar refractivity (Wildman–Crippen MR) is 81.3 cm³/mol. The van der Waals surface area contributed by atoms with E-state index in [9.17, 15) is 8.78 Å². The highest BCUT2D eigenvalue weighted by atomic mass is 32.1. The molecule has 2 N–H and O–H groups in total. The second-order valence-electron chi connectivity index (χ2n) is 5.35. The van der Waals surface area contributed by atoms with Crippen LogP contribution in [0.2, 0.25) is 0 Å². The quantitative estimate of drug-likeness (QED) is 0.938. The highest BCUT2D eigenvalue weighted by Gasteiger charge is 2.32. The molecule has 0 spiro atoms. The Hall–Kier alpha value is -1.30. The summed E-state index contributed by atoms with van der Waals surface area (Å²) in [4.78, 5) is 3.47. The normalized spacial score (nSPS) is 20.3. The predicted octanol–water partition coefficient (Wildman–Crippen LogP) is 3.65. The van der Waals surface area contributed by atoms with Crippen molar-refractivity contribution in [3.8, 4) is 0 Å². The number of hydrogen-bond acceptors (Lipinski definition) is 3. The number of hydrogen-bond donors (Lipinski definition) is 1. The summed E-state index contributed by atoms with van der Waals surface area (Å²) < 4.78 is 28.2. The van der Waals surface area contributed by atoms with Crippen LogP contribution in [0.5, 0.6) is 0 Å². The first-order chi connectivity index (χ1) is 10.1. The van der Waals surface area contributed by atoms with Crippen LogP contribution in [-0.4, -0.2) is 18.0 Å². The lowest BCUT2D eigenvalue weighted by atomic mass is 9.95. The molecule has 1 aliphatic rings. The molecule has 0 aliphatic carbocycles. The minimum Gasteiger partial charge on any atom is -0.329 e. The first-order valence-electron chi connectivity index (χ1n) is 7.09. The van der Waals surface area contributed by atoms with E-state index in [-0.39, 0.29) is 18.2 Å². The zero-order valence-electron chi connectivity index (χ0n) is 11.9. The van der Waals surface area contributed by atoms with Crippen molar-refractivity contribution in [2.45, 2.75) is 25.4 Å². The maximum atomic E-state index is 14.1. The number of nitrogens with zero attached hydrogens (tertiary/aromatic N) is 1. The molecule has 2 unspecified atom stereocenters. The second kappa shape index (κ2) is 5.83. The van der Waals surface area contributed by atoms with Gasteiger partial charge in [-0.3, -0.25) is 4.90 Å². The van der Waals surface area contributed by atoms with E-state index in [0.717, 1.165) is 13.0 Å². The van der Waals surface area contributed by atoms with E-state index in [0.29, 0.717) is 0 Å². The van der Waals surface area contributed by atoms with E-state index in [1.54, 1.807) is 11.3 Å². The SMILES string of the molecule is CC1c2ccsc2CCN1C(CN)c1c(F)cccc1F. The molecule has 0 fully saturated rings. The molecule has 0 saturated heterocycles. The van der Waals surface area contributed by atoms with Crippen LogP contribution < -0.4 is 5.73 Å². The van der Waals surface area contributed by atoms with Gasteiger partial charge in [-0.25, -0.2) is 8.78 Å². The van der Waals surface area contributed by atoms with Crippen molar-refractivity contribution in [2.24, 2.45) is 5.73 Å². The van der Waals surface area contributed by atoms with Crippen LogP contribution in [0.1, 0.15) is 35.0 Å². The standard InChI is InChI=1S/C16H18F2N2S/c1-10-11-6-8-21-15(11)5-7-20(10)14(9-19)16-12(17)3-2-4-13(16)18/h2-4,6,8,10,14H,5,7,9,19H2,1H3. The first-order valence-corrected chi connectivity index (χ1v) is 7.97. The largest absolute Gasteiger partial charge is 0.329 e. The lowest BCUT2D eigenvalue weighted by Crippen LogP contribution is -2.40. The maximum absolute atomic E-state index is 14.1. The minimum atomic E-state index is -0.520. The van der Waals surface area contributed by atoms with Gasteiger partial charge in [-0.1, -0.05) is 6.07 Å². The Morgan fingerprint density at radius 2 is 2.05 bits per heavy atom. The van der Waals surface area contributed by atoms with Gasteiger partial charge in [0.05, 0.1) is 6.04 Å². The Balaban J connectivity index is 1.98. The third kappa shape index (κ3) is 2.50. The fourth-order valence-electron chi connectivity index (χ4n) is 3.20. The summed E-state index contributed by atoms with van der Waals surface area (Å²) in [5, 5.41) is 2.08. The highest BCUT2D eigenvalue weighted by Crippen LogP contribution is 2.38. The van der Waals surface area contributed by atoms with Crippen molar-refractivity contribution >= 4 is 11.3 Å². The van der Waals surface area contributed by atoms with Gasteiger partial charge in [-0.2, -0.15) is 0 Å². The van der Waals surface area contributed by atoms with Gasteiger partial charge in [-0.05, 0) is 42.5 Å². The maximum Gasteiger partial charge on any atom is 0.130 e. The molecule has 2 atom stereocenters. The number of nitrogens with two attached hydrogens (primary N) is 1. The Labute approximate surface area is 127 Å². The number of thiophene rings is 1. The third-order valence-electron chi connectivity index (χ3n) is 4.28. The summed E-state index contributed by atoms with van der Waals surface area (Å²) in [6, 6.07) is 5.76. The summed E-state index contributed by atoms with van der Waals surface area (Å²) in [6.07, 6.45) is 0.907. The van der Waals surface area contributed by atoms with Gasteiger partial charge >= 0.3 is 0 Å². The zero-order valence-corrected chi connectivity index (χ0v) is 12.7. The van der Waals surface area contributed by atoms with Crippen LogP contribution in [0.25, 0.3) is 0 Å². The van der Waals surface area contributed by atoms with Crippen molar-refractivity contribution in [1.82, 2.24) is 4.90 Å². The Morgan fingerprint density at radius 3 is 2.71 bits per heavy atom. The van der Waals surface area contributed by atoms with Crippen LogP contribution in [0, 0.1) is 11.6 Å². The Bertz CT molecular complexity index is 621. The molecule has 0 amide bonds. The topological polar surface area (TPSA) is 29.3 Å². The first kappa shape index (κ1) is 14.6. The molecule has 1 aromatic heterocycles. The molecule has 21 heavy (non-hydrogen) atoms. The molecule has 1 aromatic carbocycles. The second-order valence-corrected chi connectivity index (χ2v) is 6.35. The van der Waals surface area contributed by atoms with Gasteiger partial charge in [0.15, 0.2) is 0 Å². The monoisotopic (exact) mass is 308 g/mol. The summed E-state index contributed by atoms with van der Waals surface area (Å²) in [6.45, 7) is 3.04. The molecule has 3 rings (SSSR count). The Morgan fingerprint density at radius 1 is 1.33 bits per heavy atom. The van der Waals surface area contributed by atoms with Gasteiger partial charge in [-0.15, -0.1) is 11.3 Å². The van der Waals surface area contributed by atoms with Crippen LogP contribution in [0.3, 0.4) is 0 Å². The van der Waals surface area contributed by atoms with E-state index in [4.69, 9.17) is 5.73 Å². The summed E-state index contributed by atoms with van der Waals surface area (Å²) >= 11 is 1.75. The number of rotatable bonds is 3. The van der Waals surface area contributed by atoms with E-state index >= 15 is 0 Å². The van der Waals surface area contributed by atoms with Crippen molar-refractivity contribution in [2.75, 3.05) is 13.1 Å². The molecule has 2 heterocycles. The van der Waals surface area contributed by atoms with Gasteiger partial charge in [0.2, 0.25) is 0 Å². The average Bonchev–Trinajstić information content (AvgIpc) is 2.94. The summed E-state index contributed by atoms with van der Waals surface area (Å²) in [7, 11) is 0. The molecular weight excluding hydrogens is 290 g/mol. The zero-order chi connectivity index (χ0) is 15.0. The van der Waals surface area contributed by atoms with Crippen molar-refractivity contribution < 1.29 is 8.78 Å². The summed E-state index contributed by atoms with van der Waals surface area (Å²) in [5.74, 6) is -1.04. The molecule has 0 radical (unpaired) electrons. The highest BCUT2D eigenvalue weighted by molar-refractivity contribution is 7.10. The number of halogens is 2. The molecular formula is C16H18F2N2S. The van der Waals surface area contributed by atoms with Crippen LogP contribution in [0.4, 0.5) is 8.78 Å². The third-order valence-corrected chi connectivity index (χ3v) is 5.28. The van der Waals surface area contributed by atoms with Gasteiger partial charge in [0.1, 0.15) is 11.6 Å². The van der Waals surface area contributed by atoms with Crippen molar-refractivity contribution in [3.63, 3.8) is 0 Å². The fraction of sp³-hybridized carbons (Fsp3) is 0.375. The Kier molecular flexibility index (Phi) is 4.06. The lowest BCUT2D eigenvalue weighted by molar-refractivity contribution is 0.133.